The van der Waals surface area contributed by atoms with Crippen molar-refractivity contribution in [3.8, 4) is 0 Å². The van der Waals surface area contributed by atoms with Gasteiger partial charge in [-0.2, -0.15) is 0 Å². The van der Waals surface area contributed by atoms with Crippen LogP contribution < -0.4 is 16.2 Å². The van der Waals surface area contributed by atoms with Crippen molar-refractivity contribution in [3.05, 3.63) is 17.7 Å². The van der Waals surface area contributed by atoms with Crippen molar-refractivity contribution in [3.63, 3.8) is 0 Å². The van der Waals surface area contributed by atoms with E-state index in [1.807, 2.05) is 13.8 Å². The lowest BCUT2D eigenvalue weighted by atomic mass is 10.3. The van der Waals surface area contributed by atoms with Crippen LogP contribution in [-0.2, 0) is 0 Å². The van der Waals surface area contributed by atoms with Gasteiger partial charge >= 0.3 is 0 Å². The predicted molar refractivity (Wildman–Crippen MR) is 64.8 cm³/mol. The Morgan fingerprint density at radius 3 is 2.29 bits per heavy atom. The van der Waals surface area contributed by atoms with Gasteiger partial charge in [0.1, 0.15) is 0 Å². The number of rotatable bonds is 6. The highest BCUT2D eigenvalue weighted by atomic mass is 19.1. The molecule has 4 nitrogen and oxygen atoms in total. The Morgan fingerprint density at radius 1 is 1.24 bits per heavy atom. The first-order valence-electron chi connectivity index (χ1n) is 5.71. The van der Waals surface area contributed by atoms with Gasteiger partial charge in [0, 0.05) is 19.2 Å². The molecule has 0 fully saturated rings. The van der Waals surface area contributed by atoms with Gasteiger partial charge in [-0.25, -0.2) is 19.6 Å². The van der Waals surface area contributed by atoms with E-state index in [4.69, 9.17) is 5.84 Å². The van der Waals surface area contributed by atoms with Crippen LogP contribution in [0.4, 0.5) is 20.4 Å². The first-order chi connectivity index (χ1) is 8.13. The van der Waals surface area contributed by atoms with E-state index in [1.54, 1.807) is 4.90 Å². The highest BCUT2D eigenvalue weighted by Gasteiger charge is 2.16. The lowest BCUT2D eigenvalue weighted by molar-refractivity contribution is 0.567. The number of hydrazine groups is 1. The third-order valence-corrected chi connectivity index (χ3v) is 2.33. The molecule has 0 aliphatic heterocycles. The van der Waals surface area contributed by atoms with Crippen molar-refractivity contribution < 1.29 is 8.78 Å². The van der Waals surface area contributed by atoms with Gasteiger partial charge in [-0.3, -0.25) is 0 Å². The van der Waals surface area contributed by atoms with Gasteiger partial charge in [-0.15, -0.1) is 0 Å². The van der Waals surface area contributed by atoms with Gasteiger partial charge in [-0.1, -0.05) is 13.8 Å². The second-order valence-corrected chi connectivity index (χ2v) is 3.76. The molecule has 6 heteroatoms. The number of aromatic nitrogens is 1. The largest absolute Gasteiger partial charge is 0.354 e. The second kappa shape index (κ2) is 6.34. The molecule has 0 bridgehead atoms. The Morgan fingerprint density at radius 2 is 1.82 bits per heavy atom. The summed E-state index contributed by atoms with van der Waals surface area (Å²) in [7, 11) is 0. The number of anilines is 2. The number of hydrogen-bond donors (Lipinski definition) is 2. The van der Waals surface area contributed by atoms with E-state index < -0.39 is 11.6 Å². The summed E-state index contributed by atoms with van der Waals surface area (Å²) in [5, 5.41) is 0. The Bertz CT molecular complexity index is 365. The normalized spacial score (nSPS) is 10.4. The van der Waals surface area contributed by atoms with E-state index in [2.05, 4.69) is 10.4 Å². The zero-order valence-corrected chi connectivity index (χ0v) is 10.1. The molecule has 96 valence electrons. The molecule has 0 unspecified atom stereocenters. The van der Waals surface area contributed by atoms with Crippen LogP contribution in [0.3, 0.4) is 0 Å². The zero-order chi connectivity index (χ0) is 12.8. The van der Waals surface area contributed by atoms with Crippen LogP contribution in [0.2, 0.25) is 0 Å². The Labute approximate surface area is 99.8 Å². The first kappa shape index (κ1) is 13.6. The third kappa shape index (κ3) is 3.26. The van der Waals surface area contributed by atoms with Crippen LogP contribution in [0.1, 0.15) is 26.7 Å². The van der Waals surface area contributed by atoms with Crippen LogP contribution in [0.15, 0.2) is 6.07 Å². The maximum atomic E-state index is 13.7. The fraction of sp³-hybridized carbons (Fsp3) is 0.545. The SMILES string of the molecule is CCCN(CCC)c1nc(NN)c(F)cc1F. The van der Waals surface area contributed by atoms with Crippen molar-refractivity contribution in [1.29, 1.82) is 0 Å². The minimum Gasteiger partial charge on any atom is -0.354 e. The summed E-state index contributed by atoms with van der Waals surface area (Å²) in [5.74, 6) is 3.67. The van der Waals surface area contributed by atoms with E-state index in [0.29, 0.717) is 13.1 Å². The fourth-order valence-corrected chi connectivity index (χ4v) is 1.64. The number of pyridine rings is 1. The van der Waals surface area contributed by atoms with Gasteiger partial charge in [0.15, 0.2) is 23.3 Å². The fourth-order valence-electron chi connectivity index (χ4n) is 1.64. The van der Waals surface area contributed by atoms with Gasteiger partial charge in [0.25, 0.3) is 0 Å². The standard InChI is InChI=1S/C11H18F2N4/c1-3-5-17(6-4-2)11-9(13)7-8(12)10(15-11)16-14/h7H,3-6,14H2,1-2H3,(H,15,16). The van der Waals surface area contributed by atoms with Crippen LogP contribution in [0.5, 0.6) is 0 Å². The quantitative estimate of drug-likeness (QED) is 0.595. The molecule has 0 aromatic carbocycles. The summed E-state index contributed by atoms with van der Waals surface area (Å²) in [6.45, 7) is 5.33. The molecule has 0 aliphatic rings. The topological polar surface area (TPSA) is 54.2 Å². The smallest absolute Gasteiger partial charge is 0.178 e. The number of nitrogens with one attached hydrogen (secondary N) is 1. The van der Waals surface area contributed by atoms with E-state index in [-0.39, 0.29) is 11.6 Å². The van der Waals surface area contributed by atoms with E-state index in [9.17, 15) is 8.78 Å². The molecule has 0 aliphatic carbocycles. The molecule has 0 amide bonds. The minimum atomic E-state index is -0.790. The average molecular weight is 244 g/mol. The van der Waals surface area contributed by atoms with Crippen molar-refractivity contribution in [2.75, 3.05) is 23.4 Å². The lowest BCUT2D eigenvalue weighted by Gasteiger charge is -2.23. The predicted octanol–water partition coefficient (Wildman–Crippen LogP) is 2.27. The summed E-state index contributed by atoms with van der Waals surface area (Å²) < 4.78 is 26.9. The molecular formula is C11H18F2N4. The summed E-state index contributed by atoms with van der Waals surface area (Å²) in [6.07, 6.45) is 1.73. The van der Waals surface area contributed by atoms with Crippen LogP contribution >= 0.6 is 0 Å². The molecule has 0 spiro atoms. The van der Waals surface area contributed by atoms with Crippen LogP contribution in [0, 0.1) is 11.6 Å². The van der Waals surface area contributed by atoms with Crippen molar-refractivity contribution >= 4 is 11.6 Å². The summed E-state index contributed by atoms with van der Waals surface area (Å²) in [6, 6.07) is 0.801. The Kier molecular flexibility index (Phi) is 5.09. The van der Waals surface area contributed by atoms with Crippen molar-refractivity contribution in [1.82, 2.24) is 4.98 Å². The molecule has 0 atom stereocenters. The maximum absolute atomic E-state index is 13.7. The summed E-state index contributed by atoms with van der Waals surface area (Å²) >= 11 is 0. The van der Waals surface area contributed by atoms with Crippen LogP contribution in [0.25, 0.3) is 0 Å². The van der Waals surface area contributed by atoms with E-state index >= 15 is 0 Å². The molecule has 1 rings (SSSR count). The molecule has 3 N–H and O–H groups in total. The van der Waals surface area contributed by atoms with Gasteiger partial charge in [0.2, 0.25) is 0 Å². The summed E-state index contributed by atoms with van der Waals surface area (Å²) in [5.41, 5.74) is 2.12. The minimum absolute atomic E-state index is 0.140. The van der Waals surface area contributed by atoms with Gasteiger partial charge in [-0.05, 0) is 12.8 Å². The molecule has 1 heterocycles. The molecule has 0 saturated heterocycles. The second-order valence-electron chi connectivity index (χ2n) is 3.76. The lowest BCUT2D eigenvalue weighted by Crippen LogP contribution is -2.27. The maximum Gasteiger partial charge on any atom is 0.178 e. The summed E-state index contributed by atoms with van der Waals surface area (Å²) in [4.78, 5) is 5.66. The van der Waals surface area contributed by atoms with Gasteiger partial charge < -0.3 is 10.3 Å². The zero-order valence-electron chi connectivity index (χ0n) is 10.1. The number of nitrogens with zero attached hydrogens (tertiary/aromatic N) is 2. The molecule has 17 heavy (non-hydrogen) atoms. The number of halogens is 2. The molecular weight excluding hydrogens is 226 g/mol. The Hall–Kier alpha value is -1.43. The molecule has 0 saturated carbocycles. The van der Waals surface area contributed by atoms with Crippen molar-refractivity contribution in [2.24, 2.45) is 5.84 Å². The van der Waals surface area contributed by atoms with E-state index in [0.717, 1.165) is 18.9 Å². The first-order valence-corrected chi connectivity index (χ1v) is 5.71. The third-order valence-electron chi connectivity index (χ3n) is 2.33. The van der Waals surface area contributed by atoms with Gasteiger partial charge in [0.05, 0.1) is 0 Å². The monoisotopic (exact) mass is 244 g/mol. The van der Waals surface area contributed by atoms with Crippen LogP contribution in [-0.4, -0.2) is 18.1 Å². The van der Waals surface area contributed by atoms with Crippen molar-refractivity contribution in [2.45, 2.75) is 26.7 Å². The molecule has 1 aromatic rings. The number of nitrogen functional groups attached to an aromatic ring is 1. The number of nitrogens with two attached hydrogens (primary N) is 1. The molecule has 1 aromatic heterocycles. The highest BCUT2D eigenvalue weighted by molar-refractivity contribution is 5.48. The van der Waals surface area contributed by atoms with E-state index in [1.165, 1.54) is 0 Å². The highest BCUT2D eigenvalue weighted by Crippen LogP contribution is 2.22. The average Bonchev–Trinajstić information content (AvgIpc) is 2.29. The number of hydrogen-bond acceptors (Lipinski definition) is 4. The Balaban J connectivity index is 3.08. The molecule has 0 radical (unpaired) electrons.